The highest BCUT2D eigenvalue weighted by atomic mass is 32.2. The normalized spacial score (nSPS) is 19.1. The van der Waals surface area contributed by atoms with Crippen LogP contribution in [0, 0.1) is 0 Å². The molecule has 1 aromatic rings. The number of guanidine groups is 1. The molecule has 0 amide bonds. The number of hydrogen-bond donors (Lipinski definition) is 4. The number of nitrogens with two attached hydrogens (primary N) is 2. The second-order valence-electron chi connectivity index (χ2n) is 4.83. The third kappa shape index (κ3) is 6.80. The zero-order valence-corrected chi connectivity index (χ0v) is 15.7. The van der Waals surface area contributed by atoms with Gasteiger partial charge < -0.3 is 22.1 Å². The molecule has 144 valence electrons. The van der Waals surface area contributed by atoms with E-state index in [9.17, 15) is 17.4 Å². The van der Waals surface area contributed by atoms with Gasteiger partial charge in [0.05, 0.1) is 11.1 Å². The van der Waals surface area contributed by atoms with Crippen molar-refractivity contribution in [1.82, 2.24) is 10.3 Å². The number of nitrogens with zero attached hydrogens (tertiary/aromatic N) is 4. The zero-order chi connectivity index (χ0) is 19.3. The average molecular weight is 428 g/mol. The minimum absolute atomic E-state index is 0.0875. The lowest BCUT2D eigenvalue weighted by atomic mass is 10.5. The van der Waals surface area contributed by atoms with Gasteiger partial charge in [-0.1, -0.05) is 0 Å². The summed E-state index contributed by atoms with van der Waals surface area (Å²) in [7, 11) is 0. The Hall–Kier alpha value is -1.87. The summed E-state index contributed by atoms with van der Waals surface area (Å²) in [5, 5.41) is 7.47. The molecule has 0 spiro atoms. The highest BCUT2D eigenvalue weighted by molar-refractivity contribution is 7.99. The van der Waals surface area contributed by atoms with Crippen molar-refractivity contribution in [2.45, 2.75) is 24.2 Å². The monoisotopic (exact) mass is 428 g/mol. The average Bonchev–Trinajstić information content (AvgIpc) is 3.09. The molecular formula is C11H15F3N8OS3. The van der Waals surface area contributed by atoms with Gasteiger partial charge in [-0.25, -0.2) is 14.2 Å². The van der Waals surface area contributed by atoms with Gasteiger partial charge in [-0.05, 0) is 6.92 Å². The van der Waals surface area contributed by atoms with Crippen molar-refractivity contribution in [3.05, 3.63) is 11.1 Å². The van der Waals surface area contributed by atoms with Crippen LogP contribution in [0.2, 0.25) is 0 Å². The number of aromatic nitrogens is 1. The molecule has 6 N–H and O–H groups in total. The molecule has 9 nitrogen and oxygen atoms in total. The quantitative estimate of drug-likeness (QED) is 0.300. The van der Waals surface area contributed by atoms with Gasteiger partial charge in [-0.15, -0.1) is 31.9 Å². The molecule has 2 rings (SSSR count). The Morgan fingerprint density at radius 1 is 1.50 bits per heavy atom. The molecule has 1 aliphatic heterocycles. The fourth-order valence-corrected chi connectivity index (χ4v) is 3.76. The molecular weight excluding hydrogens is 413 g/mol. The number of halogens is 3. The molecule has 0 aliphatic carbocycles. The predicted molar refractivity (Wildman–Crippen MR) is 99.4 cm³/mol. The van der Waals surface area contributed by atoms with Crippen molar-refractivity contribution in [2.24, 2.45) is 25.3 Å². The van der Waals surface area contributed by atoms with Crippen LogP contribution < -0.4 is 22.1 Å². The lowest BCUT2D eigenvalue weighted by molar-refractivity contribution is -0.118. The third-order valence-electron chi connectivity index (χ3n) is 2.63. The number of rotatable bonds is 6. The SMILES string of the molecule is CC(NC1=NS(=O)N=C1N)SCc1csc(NC(N)=NCC(F)(F)F)n1. The number of aliphatic imine (C=N–C) groups is 1. The van der Waals surface area contributed by atoms with Crippen LogP contribution in [0.1, 0.15) is 12.6 Å². The smallest absolute Gasteiger partial charge is 0.380 e. The Morgan fingerprint density at radius 2 is 2.23 bits per heavy atom. The van der Waals surface area contributed by atoms with Crippen molar-refractivity contribution in [2.75, 3.05) is 11.9 Å². The van der Waals surface area contributed by atoms with E-state index in [-0.39, 0.29) is 23.0 Å². The summed E-state index contributed by atoms with van der Waals surface area (Å²) >= 11 is 0.983. The number of alkyl halides is 3. The van der Waals surface area contributed by atoms with Crippen LogP contribution in [0.4, 0.5) is 18.3 Å². The van der Waals surface area contributed by atoms with Crippen LogP contribution in [0.5, 0.6) is 0 Å². The molecule has 0 saturated carbocycles. The number of hydrogen-bond acceptors (Lipinski definition) is 7. The van der Waals surface area contributed by atoms with E-state index in [2.05, 4.69) is 29.4 Å². The first kappa shape index (κ1) is 20.4. The lowest BCUT2D eigenvalue weighted by Gasteiger charge is -2.13. The summed E-state index contributed by atoms with van der Waals surface area (Å²) in [4.78, 5) is 7.41. The summed E-state index contributed by atoms with van der Waals surface area (Å²) in [6.07, 6.45) is -4.41. The van der Waals surface area contributed by atoms with Gasteiger partial charge in [-0.2, -0.15) is 13.2 Å². The van der Waals surface area contributed by atoms with Crippen LogP contribution in [-0.2, 0) is 16.9 Å². The van der Waals surface area contributed by atoms with E-state index in [1.54, 1.807) is 5.38 Å². The summed E-state index contributed by atoms with van der Waals surface area (Å²) < 4.78 is 54.7. The Morgan fingerprint density at radius 3 is 2.85 bits per heavy atom. The Labute approximate surface area is 157 Å². The van der Waals surface area contributed by atoms with E-state index in [4.69, 9.17) is 11.5 Å². The Kier molecular flexibility index (Phi) is 6.82. The van der Waals surface area contributed by atoms with Gasteiger partial charge in [0.15, 0.2) is 22.8 Å². The molecule has 26 heavy (non-hydrogen) atoms. The molecule has 2 atom stereocenters. The fourth-order valence-electron chi connectivity index (χ4n) is 1.57. The molecule has 0 aromatic carbocycles. The van der Waals surface area contributed by atoms with Crippen LogP contribution >= 0.6 is 23.1 Å². The number of nitrogens with one attached hydrogen (secondary N) is 2. The van der Waals surface area contributed by atoms with Crippen LogP contribution in [0.15, 0.2) is 19.2 Å². The summed E-state index contributed by atoms with van der Waals surface area (Å²) in [5.74, 6) is 0.523. The van der Waals surface area contributed by atoms with Crippen molar-refractivity contribution in [3.63, 3.8) is 0 Å². The first-order chi connectivity index (χ1) is 12.1. The van der Waals surface area contributed by atoms with Crippen LogP contribution in [-0.4, -0.2) is 44.9 Å². The standard InChI is InChI=1S/C11H15F3N8OS3/c1-5(18-8-7(15)21-26(23)22-8)24-2-6-3-25-10(19-6)20-9(16)17-4-11(12,13)14/h3,5H,2,4H2,1H3,(H2,15,21)(H,18,22)(H3,16,17,19,20). The van der Waals surface area contributed by atoms with E-state index < -0.39 is 23.9 Å². The van der Waals surface area contributed by atoms with E-state index in [0.717, 1.165) is 0 Å². The van der Waals surface area contributed by atoms with Crippen molar-refractivity contribution in [3.8, 4) is 0 Å². The van der Waals surface area contributed by atoms with Crippen LogP contribution in [0.3, 0.4) is 0 Å². The van der Waals surface area contributed by atoms with E-state index in [0.29, 0.717) is 16.6 Å². The maximum atomic E-state index is 12.1. The number of anilines is 1. The molecule has 2 heterocycles. The minimum Gasteiger partial charge on any atom is -0.380 e. The van der Waals surface area contributed by atoms with Gasteiger partial charge in [0.25, 0.3) is 11.2 Å². The van der Waals surface area contributed by atoms with E-state index in [1.807, 2.05) is 6.92 Å². The number of thioether (sulfide) groups is 1. The fraction of sp³-hybridized carbons (Fsp3) is 0.455. The lowest BCUT2D eigenvalue weighted by Crippen LogP contribution is -2.38. The van der Waals surface area contributed by atoms with Gasteiger partial charge in [-0.3, -0.25) is 0 Å². The molecule has 0 fully saturated rings. The molecule has 15 heteroatoms. The second kappa shape index (κ2) is 8.68. The van der Waals surface area contributed by atoms with Gasteiger partial charge >= 0.3 is 6.18 Å². The van der Waals surface area contributed by atoms with Crippen molar-refractivity contribution in [1.29, 1.82) is 0 Å². The van der Waals surface area contributed by atoms with E-state index in [1.165, 1.54) is 23.1 Å². The Balaban J connectivity index is 1.80. The zero-order valence-electron chi connectivity index (χ0n) is 13.3. The van der Waals surface area contributed by atoms with Gasteiger partial charge in [0, 0.05) is 11.1 Å². The summed E-state index contributed by atoms with van der Waals surface area (Å²) in [6.45, 7) is 0.499. The minimum atomic E-state index is -4.41. The topological polar surface area (TPSA) is 143 Å². The molecule has 1 aromatic heterocycles. The van der Waals surface area contributed by atoms with Gasteiger partial charge in [0.2, 0.25) is 0 Å². The highest BCUT2D eigenvalue weighted by Gasteiger charge is 2.26. The maximum absolute atomic E-state index is 12.1. The Bertz CT molecular complexity index is 760. The highest BCUT2D eigenvalue weighted by Crippen LogP contribution is 2.21. The second-order valence-corrected chi connectivity index (χ2v) is 7.84. The molecule has 1 aliphatic rings. The molecule has 0 radical (unpaired) electrons. The van der Waals surface area contributed by atoms with Crippen molar-refractivity contribution < 1.29 is 17.4 Å². The summed E-state index contributed by atoms with van der Waals surface area (Å²) in [6, 6.07) is 0. The number of thiazole rings is 1. The predicted octanol–water partition coefficient (Wildman–Crippen LogP) is 0.949. The van der Waals surface area contributed by atoms with Crippen molar-refractivity contribution >= 4 is 57.0 Å². The first-order valence-corrected chi connectivity index (χ1v) is 9.93. The van der Waals surface area contributed by atoms with E-state index >= 15 is 0 Å². The van der Waals surface area contributed by atoms with Gasteiger partial charge in [0.1, 0.15) is 6.54 Å². The molecule has 0 bridgehead atoms. The third-order valence-corrected chi connectivity index (χ3v) is 5.20. The molecule has 0 saturated heterocycles. The maximum Gasteiger partial charge on any atom is 0.408 e. The molecule has 2 unspecified atom stereocenters. The number of amidine groups is 2. The largest absolute Gasteiger partial charge is 0.408 e. The summed E-state index contributed by atoms with van der Waals surface area (Å²) in [5.41, 5.74) is 11.7. The van der Waals surface area contributed by atoms with Crippen LogP contribution in [0.25, 0.3) is 0 Å². The first-order valence-electron chi connectivity index (χ1n) is 6.94.